The van der Waals surface area contributed by atoms with Crippen LogP contribution in [0.25, 0.3) is 27.9 Å². The molecule has 2 aromatic heterocycles. The summed E-state index contributed by atoms with van der Waals surface area (Å²) < 4.78 is 2.50. The maximum atomic E-state index is 5.95. The molecule has 0 aliphatic heterocycles. The average molecular weight is 387 g/mol. The summed E-state index contributed by atoms with van der Waals surface area (Å²) in [6.07, 6.45) is 1.89. The van der Waals surface area contributed by atoms with E-state index in [0.717, 1.165) is 20.8 Å². The lowest BCUT2D eigenvalue weighted by molar-refractivity contribution is 0.851. The minimum Gasteiger partial charge on any atom is -0.368 e. The molecule has 0 atom stereocenters. The molecule has 0 amide bonds. The van der Waals surface area contributed by atoms with Gasteiger partial charge in [-0.05, 0) is 23.1 Å². The first-order valence-electron chi connectivity index (χ1n) is 6.79. The molecule has 2 N–H and O–H groups in total. The van der Waals surface area contributed by atoms with E-state index in [1.807, 2.05) is 36.6 Å². The quantitative estimate of drug-likeness (QED) is 0.531. The van der Waals surface area contributed by atoms with E-state index in [2.05, 4.69) is 42.0 Å². The van der Waals surface area contributed by atoms with Gasteiger partial charge in [0, 0.05) is 10.0 Å². The van der Waals surface area contributed by atoms with Crippen LogP contribution >= 0.6 is 27.7 Å². The Morgan fingerprint density at radius 1 is 1.04 bits per heavy atom. The van der Waals surface area contributed by atoms with Crippen LogP contribution in [0.3, 0.4) is 0 Å². The van der Waals surface area contributed by atoms with Gasteiger partial charge in [-0.15, -0.1) is 5.10 Å². The zero-order valence-corrected chi connectivity index (χ0v) is 14.5. The zero-order valence-electron chi connectivity index (χ0n) is 12.1. The number of hydrogen-bond donors (Lipinski definition) is 1. The number of halogens is 1. The summed E-state index contributed by atoms with van der Waals surface area (Å²) in [6.45, 7) is 0. The fraction of sp³-hybridized carbons (Fsp3) is 0.0667. The van der Waals surface area contributed by atoms with E-state index in [1.54, 1.807) is 0 Å². The number of aromatic nitrogens is 5. The molecule has 0 fully saturated rings. The van der Waals surface area contributed by atoms with Gasteiger partial charge in [0.15, 0.2) is 11.0 Å². The molecule has 4 rings (SSSR count). The van der Waals surface area contributed by atoms with Crippen LogP contribution in [0.4, 0.5) is 5.95 Å². The first-order chi connectivity index (χ1) is 11.2. The first-order valence-corrected chi connectivity index (χ1v) is 8.81. The van der Waals surface area contributed by atoms with Crippen LogP contribution in [0.15, 0.2) is 46.0 Å². The largest absolute Gasteiger partial charge is 0.368 e. The lowest BCUT2D eigenvalue weighted by Crippen LogP contribution is -2.04. The normalized spacial score (nSPS) is 11.4. The fourth-order valence-corrected chi connectivity index (χ4v) is 3.31. The maximum absolute atomic E-state index is 5.95. The number of rotatable bonds is 2. The third-order valence-corrected chi connectivity index (χ3v) is 4.74. The van der Waals surface area contributed by atoms with Crippen molar-refractivity contribution in [3.8, 4) is 11.4 Å². The number of benzene rings is 2. The monoisotopic (exact) mass is 386 g/mol. The second kappa shape index (κ2) is 5.47. The first kappa shape index (κ1) is 14.4. The van der Waals surface area contributed by atoms with E-state index in [1.165, 1.54) is 16.3 Å². The molecule has 114 valence electrons. The van der Waals surface area contributed by atoms with E-state index < -0.39 is 0 Å². The van der Waals surface area contributed by atoms with E-state index in [0.29, 0.717) is 16.8 Å². The summed E-state index contributed by atoms with van der Waals surface area (Å²) in [5.41, 5.74) is 6.88. The second-order valence-electron chi connectivity index (χ2n) is 4.86. The summed E-state index contributed by atoms with van der Waals surface area (Å²) >= 11 is 5.00. The SMILES string of the molecule is CSc1nc(N)n2nc(-c3cccc4c(Br)cccc34)nc2n1. The van der Waals surface area contributed by atoms with Crippen LogP contribution in [0.2, 0.25) is 0 Å². The predicted molar refractivity (Wildman–Crippen MR) is 95.4 cm³/mol. The molecule has 6 nitrogen and oxygen atoms in total. The van der Waals surface area contributed by atoms with Gasteiger partial charge in [-0.3, -0.25) is 0 Å². The number of thioether (sulfide) groups is 1. The Morgan fingerprint density at radius 3 is 2.65 bits per heavy atom. The summed E-state index contributed by atoms with van der Waals surface area (Å²) in [6, 6.07) is 12.1. The molecule has 8 heteroatoms. The number of fused-ring (bicyclic) bond motifs is 2. The number of nitrogen functional groups attached to an aromatic ring is 1. The van der Waals surface area contributed by atoms with E-state index in [4.69, 9.17) is 5.73 Å². The van der Waals surface area contributed by atoms with Gasteiger partial charge in [-0.1, -0.05) is 58.0 Å². The van der Waals surface area contributed by atoms with Gasteiger partial charge in [0.25, 0.3) is 5.78 Å². The zero-order chi connectivity index (χ0) is 16.0. The van der Waals surface area contributed by atoms with Crippen molar-refractivity contribution in [1.29, 1.82) is 0 Å². The summed E-state index contributed by atoms with van der Waals surface area (Å²) in [5, 5.41) is 7.22. The van der Waals surface area contributed by atoms with Gasteiger partial charge >= 0.3 is 0 Å². The Hall–Kier alpha value is -2.19. The Labute approximate surface area is 144 Å². The third-order valence-electron chi connectivity index (χ3n) is 3.51. The van der Waals surface area contributed by atoms with Crippen molar-refractivity contribution in [1.82, 2.24) is 24.6 Å². The van der Waals surface area contributed by atoms with Crippen LogP contribution in [-0.2, 0) is 0 Å². The van der Waals surface area contributed by atoms with E-state index >= 15 is 0 Å². The molecule has 0 aliphatic carbocycles. The highest BCUT2D eigenvalue weighted by Gasteiger charge is 2.14. The van der Waals surface area contributed by atoms with Crippen molar-refractivity contribution >= 4 is 50.2 Å². The summed E-state index contributed by atoms with van der Waals surface area (Å²) in [5.74, 6) is 1.30. The van der Waals surface area contributed by atoms with Gasteiger partial charge in [-0.2, -0.15) is 19.5 Å². The fourth-order valence-electron chi connectivity index (χ4n) is 2.46. The Morgan fingerprint density at radius 2 is 1.83 bits per heavy atom. The molecule has 0 radical (unpaired) electrons. The molecule has 23 heavy (non-hydrogen) atoms. The van der Waals surface area contributed by atoms with E-state index in [9.17, 15) is 0 Å². The number of nitrogens with two attached hydrogens (primary N) is 1. The van der Waals surface area contributed by atoms with Crippen LogP contribution in [0, 0.1) is 0 Å². The highest BCUT2D eigenvalue weighted by Crippen LogP contribution is 2.31. The molecule has 4 aromatic rings. The highest BCUT2D eigenvalue weighted by molar-refractivity contribution is 9.10. The number of anilines is 1. The van der Waals surface area contributed by atoms with Gasteiger partial charge in [0.1, 0.15) is 0 Å². The van der Waals surface area contributed by atoms with Crippen molar-refractivity contribution in [2.75, 3.05) is 12.0 Å². The number of hydrogen-bond acceptors (Lipinski definition) is 6. The van der Waals surface area contributed by atoms with Crippen molar-refractivity contribution < 1.29 is 0 Å². The smallest absolute Gasteiger partial charge is 0.258 e. The minimum atomic E-state index is 0.277. The molecule has 2 heterocycles. The molecule has 0 saturated heterocycles. The lowest BCUT2D eigenvalue weighted by atomic mass is 10.0. The van der Waals surface area contributed by atoms with Crippen molar-refractivity contribution in [2.24, 2.45) is 0 Å². The Balaban J connectivity index is 2.00. The van der Waals surface area contributed by atoms with Gasteiger partial charge in [-0.25, -0.2) is 0 Å². The summed E-state index contributed by atoms with van der Waals surface area (Å²) in [7, 11) is 0. The predicted octanol–water partition coefficient (Wildman–Crippen LogP) is 3.41. The van der Waals surface area contributed by atoms with Gasteiger partial charge in [0.05, 0.1) is 0 Å². The molecular weight excluding hydrogens is 376 g/mol. The van der Waals surface area contributed by atoms with Gasteiger partial charge in [0.2, 0.25) is 5.95 Å². The highest BCUT2D eigenvalue weighted by atomic mass is 79.9. The average Bonchev–Trinajstić information content (AvgIpc) is 2.99. The van der Waals surface area contributed by atoms with Gasteiger partial charge < -0.3 is 5.73 Å². The van der Waals surface area contributed by atoms with Crippen molar-refractivity contribution in [2.45, 2.75) is 5.16 Å². The molecule has 0 saturated carbocycles. The standard InChI is InChI=1S/C15H11BrN6S/c1-23-15-19-13(17)22-14(20-15)18-12(21-22)10-6-2-5-9-8(10)4-3-7-11(9)16/h2-7H,1H3,(H2,17,18,19,20,21). The molecular formula is C15H11BrN6S. The molecule has 0 spiro atoms. The molecule has 0 bridgehead atoms. The number of nitrogens with zero attached hydrogens (tertiary/aromatic N) is 5. The minimum absolute atomic E-state index is 0.277. The van der Waals surface area contributed by atoms with Crippen LogP contribution in [0.1, 0.15) is 0 Å². The third kappa shape index (κ3) is 2.34. The Kier molecular flexibility index (Phi) is 3.42. The topological polar surface area (TPSA) is 82.0 Å². The molecule has 0 aliphatic rings. The Bertz CT molecular complexity index is 1040. The van der Waals surface area contributed by atoms with E-state index in [-0.39, 0.29) is 5.95 Å². The lowest BCUT2D eigenvalue weighted by Gasteiger charge is -2.04. The summed E-state index contributed by atoms with van der Waals surface area (Å²) in [4.78, 5) is 13.1. The molecule has 0 unspecified atom stereocenters. The van der Waals surface area contributed by atoms with Crippen molar-refractivity contribution in [3.63, 3.8) is 0 Å². The van der Waals surface area contributed by atoms with Crippen LogP contribution < -0.4 is 5.73 Å². The maximum Gasteiger partial charge on any atom is 0.258 e. The van der Waals surface area contributed by atoms with Crippen LogP contribution in [-0.4, -0.2) is 30.8 Å². The van der Waals surface area contributed by atoms with Crippen molar-refractivity contribution in [3.05, 3.63) is 40.9 Å². The second-order valence-corrected chi connectivity index (χ2v) is 6.48. The molecule has 2 aromatic carbocycles. The van der Waals surface area contributed by atoms with Crippen LogP contribution in [0.5, 0.6) is 0 Å².